The summed E-state index contributed by atoms with van der Waals surface area (Å²) < 4.78 is 6.90. The molecule has 6 nitrogen and oxygen atoms in total. The van der Waals surface area contributed by atoms with Crippen LogP contribution in [0.1, 0.15) is 23.3 Å². The lowest BCUT2D eigenvalue weighted by molar-refractivity contribution is 0.418. The Morgan fingerprint density at radius 2 is 2.42 bits per heavy atom. The normalized spacial score (nSPS) is 12.7. The summed E-state index contributed by atoms with van der Waals surface area (Å²) >= 11 is 5.04. The third-order valence-electron chi connectivity index (χ3n) is 2.50. The van der Waals surface area contributed by atoms with Gasteiger partial charge in [0.1, 0.15) is 6.54 Å². The van der Waals surface area contributed by atoms with Gasteiger partial charge in [-0.25, -0.2) is 4.68 Å². The number of hydrogen-bond donors (Lipinski definition) is 0. The fourth-order valence-electron chi connectivity index (χ4n) is 1.54. The van der Waals surface area contributed by atoms with Crippen LogP contribution in [-0.2, 0) is 6.54 Å². The van der Waals surface area contributed by atoms with Crippen molar-refractivity contribution in [2.75, 3.05) is 0 Å². The number of nitrogens with zero attached hydrogens (tertiary/aromatic N) is 5. The van der Waals surface area contributed by atoms with E-state index in [9.17, 15) is 0 Å². The van der Waals surface area contributed by atoms with Crippen LogP contribution in [0.2, 0.25) is 0 Å². The third kappa shape index (κ3) is 2.74. The molecule has 0 spiro atoms. The average Bonchev–Trinajstić information content (AvgIpc) is 3.09. The zero-order valence-corrected chi connectivity index (χ0v) is 12.4. The molecule has 0 saturated heterocycles. The minimum atomic E-state index is 0.174. The lowest BCUT2D eigenvalue weighted by Crippen LogP contribution is -2.02. The molecule has 1 unspecified atom stereocenters. The van der Waals surface area contributed by atoms with Gasteiger partial charge in [-0.15, -0.1) is 5.10 Å². The fraction of sp³-hybridized carbons (Fsp3) is 0.273. The van der Waals surface area contributed by atoms with Crippen molar-refractivity contribution >= 4 is 27.3 Å². The first-order chi connectivity index (χ1) is 9.22. The van der Waals surface area contributed by atoms with Crippen molar-refractivity contribution in [3.05, 3.63) is 34.5 Å². The maximum absolute atomic E-state index is 5.21. The number of aromatic nitrogens is 5. The molecule has 0 saturated carbocycles. The molecule has 0 fully saturated rings. The molecule has 0 amide bonds. The molecule has 0 aliphatic heterocycles. The largest absolute Gasteiger partial charge is 0.334 e. The van der Waals surface area contributed by atoms with Crippen molar-refractivity contribution in [3.63, 3.8) is 0 Å². The SMILES string of the molecule is CC(Br)c1cn(Cc2noc(-c3ccsc3)n2)nn1. The first kappa shape index (κ1) is 12.5. The van der Waals surface area contributed by atoms with Crippen LogP contribution in [0.4, 0.5) is 0 Å². The van der Waals surface area contributed by atoms with E-state index < -0.39 is 0 Å². The summed E-state index contributed by atoms with van der Waals surface area (Å²) in [5.74, 6) is 1.12. The number of rotatable bonds is 4. The molecule has 19 heavy (non-hydrogen) atoms. The van der Waals surface area contributed by atoms with Gasteiger partial charge in [0.25, 0.3) is 5.89 Å². The monoisotopic (exact) mass is 339 g/mol. The topological polar surface area (TPSA) is 69.6 Å². The molecular weight excluding hydrogens is 330 g/mol. The summed E-state index contributed by atoms with van der Waals surface area (Å²) in [6.45, 7) is 2.44. The van der Waals surface area contributed by atoms with Crippen molar-refractivity contribution < 1.29 is 4.52 Å². The van der Waals surface area contributed by atoms with Gasteiger partial charge in [-0.3, -0.25) is 0 Å². The molecule has 98 valence electrons. The number of alkyl halides is 1. The zero-order valence-electron chi connectivity index (χ0n) is 10.0. The highest BCUT2D eigenvalue weighted by Crippen LogP contribution is 2.20. The number of halogens is 1. The van der Waals surface area contributed by atoms with Crippen molar-refractivity contribution in [1.82, 2.24) is 25.1 Å². The molecule has 0 aliphatic rings. The first-order valence-corrected chi connectivity index (χ1v) is 7.47. The Hall–Kier alpha value is -1.54. The van der Waals surface area contributed by atoms with E-state index in [2.05, 4.69) is 36.4 Å². The van der Waals surface area contributed by atoms with Gasteiger partial charge in [0, 0.05) is 5.38 Å². The Morgan fingerprint density at radius 3 is 3.11 bits per heavy atom. The molecule has 3 aromatic heterocycles. The minimum Gasteiger partial charge on any atom is -0.334 e. The van der Waals surface area contributed by atoms with E-state index in [0.29, 0.717) is 18.3 Å². The second kappa shape index (κ2) is 5.22. The molecule has 3 aromatic rings. The van der Waals surface area contributed by atoms with Crippen LogP contribution in [0.5, 0.6) is 0 Å². The fourth-order valence-corrected chi connectivity index (χ4v) is 2.38. The molecule has 0 N–H and O–H groups in total. The molecule has 3 rings (SSSR count). The van der Waals surface area contributed by atoms with Crippen LogP contribution < -0.4 is 0 Å². The van der Waals surface area contributed by atoms with Gasteiger partial charge in [-0.1, -0.05) is 26.3 Å². The smallest absolute Gasteiger partial charge is 0.258 e. The van der Waals surface area contributed by atoms with E-state index in [0.717, 1.165) is 11.3 Å². The Kier molecular flexibility index (Phi) is 3.43. The highest BCUT2D eigenvalue weighted by Gasteiger charge is 2.11. The van der Waals surface area contributed by atoms with E-state index in [4.69, 9.17) is 4.52 Å². The van der Waals surface area contributed by atoms with Crippen molar-refractivity contribution in [3.8, 4) is 11.5 Å². The van der Waals surface area contributed by atoms with Crippen molar-refractivity contribution in [1.29, 1.82) is 0 Å². The van der Waals surface area contributed by atoms with E-state index in [1.165, 1.54) is 0 Å². The molecule has 8 heteroatoms. The van der Waals surface area contributed by atoms with E-state index in [1.807, 2.05) is 29.9 Å². The predicted octanol–water partition coefficient (Wildman–Crippen LogP) is 2.89. The highest BCUT2D eigenvalue weighted by atomic mass is 79.9. The lowest BCUT2D eigenvalue weighted by Gasteiger charge is -1.94. The minimum absolute atomic E-state index is 0.174. The summed E-state index contributed by atoms with van der Waals surface area (Å²) in [4.78, 5) is 4.50. The van der Waals surface area contributed by atoms with Gasteiger partial charge in [-0.05, 0) is 18.4 Å². The molecular formula is C11H10BrN5OS. The zero-order chi connectivity index (χ0) is 13.2. The van der Waals surface area contributed by atoms with Gasteiger partial charge in [0.05, 0.1) is 22.3 Å². The molecule has 3 heterocycles. The van der Waals surface area contributed by atoms with Crippen LogP contribution in [0.25, 0.3) is 11.5 Å². The first-order valence-electron chi connectivity index (χ1n) is 5.61. The summed E-state index contributed by atoms with van der Waals surface area (Å²) in [7, 11) is 0. The molecule has 0 aliphatic carbocycles. The Balaban J connectivity index is 1.76. The van der Waals surface area contributed by atoms with Crippen LogP contribution in [-0.4, -0.2) is 25.1 Å². The van der Waals surface area contributed by atoms with Crippen LogP contribution in [0.15, 0.2) is 27.5 Å². The van der Waals surface area contributed by atoms with Crippen LogP contribution in [0, 0.1) is 0 Å². The molecule has 0 radical (unpaired) electrons. The molecule has 0 bridgehead atoms. The van der Waals surface area contributed by atoms with Crippen LogP contribution >= 0.6 is 27.3 Å². The summed E-state index contributed by atoms with van der Waals surface area (Å²) in [5.41, 5.74) is 1.82. The predicted molar refractivity (Wildman–Crippen MR) is 74.1 cm³/mol. The third-order valence-corrected chi connectivity index (χ3v) is 3.66. The Bertz CT molecular complexity index is 660. The van der Waals surface area contributed by atoms with Gasteiger partial charge >= 0.3 is 0 Å². The Labute approximate surface area is 121 Å². The maximum Gasteiger partial charge on any atom is 0.258 e. The van der Waals surface area contributed by atoms with Gasteiger partial charge in [-0.2, -0.15) is 16.3 Å². The lowest BCUT2D eigenvalue weighted by atomic mass is 10.3. The van der Waals surface area contributed by atoms with E-state index >= 15 is 0 Å². The molecule has 0 aromatic carbocycles. The van der Waals surface area contributed by atoms with Crippen molar-refractivity contribution in [2.24, 2.45) is 0 Å². The standard InChI is InChI=1S/C11H10BrN5OS/c1-7(12)9-4-17(16-14-9)5-10-13-11(18-15-10)8-2-3-19-6-8/h2-4,6-7H,5H2,1H3. The second-order valence-corrected chi connectivity index (χ2v) is 6.14. The maximum atomic E-state index is 5.21. The molecule has 1 atom stereocenters. The number of hydrogen-bond acceptors (Lipinski definition) is 6. The van der Waals surface area contributed by atoms with E-state index in [-0.39, 0.29) is 4.83 Å². The summed E-state index contributed by atoms with van der Waals surface area (Å²) in [5, 5.41) is 16.0. The van der Waals surface area contributed by atoms with E-state index in [1.54, 1.807) is 16.0 Å². The second-order valence-electron chi connectivity index (χ2n) is 3.98. The van der Waals surface area contributed by atoms with Crippen molar-refractivity contribution in [2.45, 2.75) is 18.3 Å². The van der Waals surface area contributed by atoms with Gasteiger partial charge in [0.15, 0.2) is 5.82 Å². The van der Waals surface area contributed by atoms with Gasteiger partial charge < -0.3 is 4.52 Å². The number of thiophene rings is 1. The summed E-state index contributed by atoms with van der Waals surface area (Å²) in [6.07, 6.45) is 1.86. The van der Waals surface area contributed by atoms with Gasteiger partial charge in [0.2, 0.25) is 0 Å². The Morgan fingerprint density at radius 1 is 1.53 bits per heavy atom. The van der Waals surface area contributed by atoms with Crippen LogP contribution in [0.3, 0.4) is 0 Å². The highest BCUT2D eigenvalue weighted by molar-refractivity contribution is 9.09. The quantitative estimate of drug-likeness (QED) is 0.683. The summed E-state index contributed by atoms with van der Waals surface area (Å²) in [6, 6.07) is 1.95. The average molecular weight is 340 g/mol.